The van der Waals surface area contributed by atoms with Gasteiger partial charge in [-0.2, -0.15) is 0 Å². The van der Waals surface area contributed by atoms with E-state index in [1.807, 2.05) is 20.8 Å². The number of hydrogen-bond donors (Lipinski definition) is 2. The van der Waals surface area contributed by atoms with Crippen molar-refractivity contribution in [1.29, 1.82) is 0 Å². The summed E-state index contributed by atoms with van der Waals surface area (Å²) in [6.07, 6.45) is 0.273. The summed E-state index contributed by atoms with van der Waals surface area (Å²) in [5.74, 6) is 0.300. The van der Waals surface area contributed by atoms with E-state index in [9.17, 15) is 9.90 Å². The van der Waals surface area contributed by atoms with Crippen molar-refractivity contribution in [3.8, 4) is 0 Å². The van der Waals surface area contributed by atoms with Crippen LogP contribution in [0.15, 0.2) is 0 Å². The number of carboxylic acid groups (broad SMARTS) is 1. The molecule has 1 aliphatic rings. The molecule has 0 aromatic carbocycles. The molecule has 0 aromatic heterocycles. The minimum absolute atomic E-state index is 0.185. The first kappa shape index (κ1) is 20.5. The van der Waals surface area contributed by atoms with Gasteiger partial charge >= 0.3 is 6.09 Å². The second-order valence-electron chi connectivity index (χ2n) is 9.32. The molecule has 0 bridgehead atoms. The van der Waals surface area contributed by atoms with Gasteiger partial charge in [0.15, 0.2) is 8.32 Å². The molecule has 1 amide bonds. The predicted octanol–water partition coefficient (Wildman–Crippen LogP) is 3.76. The summed E-state index contributed by atoms with van der Waals surface area (Å²) in [5, 5.41) is 13.1. The Morgan fingerprint density at radius 3 is 2.22 bits per heavy atom. The third kappa shape index (κ3) is 5.76. The van der Waals surface area contributed by atoms with Gasteiger partial charge in [0.2, 0.25) is 0 Å². The predicted molar refractivity (Wildman–Crippen MR) is 97.5 cm³/mol. The first-order valence-electron chi connectivity index (χ1n) is 8.63. The third-order valence-corrected chi connectivity index (χ3v) is 9.69. The zero-order chi connectivity index (χ0) is 18.1. The number of nitrogens with one attached hydrogen (secondary N) is 1. The SMILES string of the molecule is CC(C)(C)N(C[C@H]1CNC[C@@H](O[Si](C)(C)C(C)(C)C)C1)C(=O)O. The molecule has 0 unspecified atom stereocenters. The van der Waals surface area contributed by atoms with E-state index in [0.717, 1.165) is 19.5 Å². The zero-order valence-electron chi connectivity index (χ0n) is 16.2. The normalized spacial score (nSPS) is 23.7. The lowest BCUT2D eigenvalue weighted by Crippen LogP contribution is -2.53. The van der Waals surface area contributed by atoms with E-state index in [2.05, 4.69) is 39.2 Å². The maximum absolute atomic E-state index is 11.5. The van der Waals surface area contributed by atoms with Crippen LogP contribution >= 0.6 is 0 Å². The fraction of sp³-hybridized carbons (Fsp3) is 0.941. The van der Waals surface area contributed by atoms with Crippen LogP contribution in [0.4, 0.5) is 4.79 Å². The number of nitrogens with zero attached hydrogens (tertiary/aromatic N) is 1. The second-order valence-corrected chi connectivity index (χ2v) is 14.1. The van der Waals surface area contributed by atoms with Crippen molar-refractivity contribution in [3.63, 3.8) is 0 Å². The Bertz CT molecular complexity index is 413. The van der Waals surface area contributed by atoms with Crippen molar-refractivity contribution in [2.24, 2.45) is 5.92 Å². The molecule has 1 aliphatic heterocycles. The topological polar surface area (TPSA) is 61.8 Å². The molecule has 1 rings (SSSR count). The lowest BCUT2D eigenvalue weighted by molar-refractivity contribution is 0.0648. The van der Waals surface area contributed by atoms with Gasteiger partial charge in [0, 0.05) is 18.6 Å². The Kier molecular flexibility index (Phi) is 6.32. The highest BCUT2D eigenvalue weighted by Gasteiger charge is 2.40. The molecule has 1 heterocycles. The summed E-state index contributed by atoms with van der Waals surface area (Å²) < 4.78 is 6.51. The average Bonchev–Trinajstić information content (AvgIpc) is 2.32. The van der Waals surface area contributed by atoms with Crippen LogP contribution in [0, 0.1) is 5.92 Å². The van der Waals surface area contributed by atoms with Crippen LogP contribution in [0.3, 0.4) is 0 Å². The summed E-state index contributed by atoms with van der Waals surface area (Å²) in [5.41, 5.74) is -0.376. The summed E-state index contributed by atoms with van der Waals surface area (Å²) in [6.45, 7) is 19.4. The lowest BCUT2D eigenvalue weighted by atomic mass is 9.95. The van der Waals surface area contributed by atoms with E-state index in [4.69, 9.17) is 4.43 Å². The molecule has 1 fully saturated rings. The summed E-state index contributed by atoms with van der Waals surface area (Å²) >= 11 is 0. The second kappa shape index (κ2) is 7.11. The van der Waals surface area contributed by atoms with Crippen molar-refractivity contribution in [3.05, 3.63) is 0 Å². The average molecular weight is 345 g/mol. The van der Waals surface area contributed by atoms with Gasteiger partial charge in [-0.1, -0.05) is 20.8 Å². The van der Waals surface area contributed by atoms with Crippen molar-refractivity contribution in [2.45, 2.75) is 77.7 Å². The van der Waals surface area contributed by atoms with Crippen LogP contribution in [0.5, 0.6) is 0 Å². The maximum Gasteiger partial charge on any atom is 0.407 e. The van der Waals surface area contributed by atoms with E-state index in [1.165, 1.54) is 0 Å². The van der Waals surface area contributed by atoms with Crippen molar-refractivity contribution < 1.29 is 14.3 Å². The minimum Gasteiger partial charge on any atom is -0.465 e. The molecule has 0 spiro atoms. The Morgan fingerprint density at radius 1 is 1.22 bits per heavy atom. The molecule has 0 saturated carbocycles. The molecular formula is C17H36N2O3Si. The molecule has 2 atom stereocenters. The molecule has 6 heteroatoms. The molecule has 136 valence electrons. The van der Waals surface area contributed by atoms with Gasteiger partial charge in [-0.05, 0) is 57.8 Å². The fourth-order valence-corrected chi connectivity index (χ4v) is 4.07. The van der Waals surface area contributed by atoms with Gasteiger partial charge in [0.25, 0.3) is 0 Å². The lowest BCUT2D eigenvalue weighted by Gasteiger charge is -2.43. The molecular weight excluding hydrogens is 308 g/mol. The van der Waals surface area contributed by atoms with E-state index < -0.39 is 14.4 Å². The zero-order valence-corrected chi connectivity index (χ0v) is 17.2. The highest BCUT2D eigenvalue weighted by Crippen LogP contribution is 2.38. The molecule has 5 nitrogen and oxygen atoms in total. The smallest absolute Gasteiger partial charge is 0.407 e. The van der Waals surface area contributed by atoms with Gasteiger partial charge < -0.3 is 19.7 Å². The number of amides is 1. The fourth-order valence-electron chi connectivity index (χ4n) is 2.71. The Labute approximate surface area is 142 Å². The monoisotopic (exact) mass is 344 g/mol. The summed E-state index contributed by atoms with van der Waals surface area (Å²) in [6, 6.07) is 0. The molecule has 0 aromatic rings. The quantitative estimate of drug-likeness (QED) is 0.762. The Hall–Kier alpha value is -0.593. The van der Waals surface area contributed by atoms with Crippen LogP contribution in [0.2, 0.25) is 18.1 Å². The first-order valence-corrected chi connectivity index (χ1v) is 11.5. The van der Waals surface area contributed by atoms with Gasteiger partial charge in [0.05, 0.1) is 6.10 Å². The largest absolute Gasteiger partial charge is 0.465 e. The number of carbonyl (C=O) groups is 1. The first-order chi connectivity index (χ1) is 10.2. The Morgan fingerprint density at radius 2 is 1.78 bits per heavy atom. The van der Waals surface area contributed by atoms with Gasteiger partial charge in [-0.25, -0.2) is 4.79 Å². The summed E-state index contributed by atoms with van der Waals surface area (Å²) in [4.78, 5) is 13.1. The van der Waals surface area contributed by atoms with E-state index in [0.29, 0.717) is 12.5 Å². The van der Waals surface area contributed by atoms with E-state index >= 15 is 0 Å². The van der Waals surface area contributed by atoms with E-state index in [1.54, 1.807) is 4.90 Å². The van der Waals surface area contributed by atoms with Crippen molar-refractivity contribution >= 4 is 14.4 Å². The standard InChI is InChI=1S/C17H36N2O3Si/c1-16(2,3)19(15(20)21)12-13-9-14(11-18-10-13)22-23(7,8)17(4,5)6/h13-14,18H,9-12H2,1-8H3,(H,20,21)/t13-,14+/m1/s1. The van der Waals surface area contributed by atoms with Crippen LogP contribution in [0.25, 0.3) is 0 Å². The Balaban J connectivity index is 2.70. The number of piperidine rings is 1. The van der Waals surface area contributed by atoms with Gasteiger partial charge in [0.1, 0.15) is 0 Å². The number of hydrogen-bond acceptors (Lipinski definition) is 3. The summed E-state index contributed by atoms with van der Waals surface area (Å²) in [7, 11) is -1.79. The van der Waals surface area contributed by atoms with Crippen LogP contribution < -0.4 is 5.32 Å². The maximum atomic E-state index is 11.5. The van der Waals surface area contributed by atoms with Crippen molar-refractivity contribution in [1.82, 2.24) is 10.2 Å². The highest BCUT2D eigenvalue weighted by molar-refractivity contribution is 6.74. The molecule has 23 heavy (non-hydrogen) atoms. The van der Waals surface area contributed by atoms with Crippen LogP contribution in [0.1, 0.15) is 48.0 Å². The van der Waals surface area contributed by atoms with E-state index in [-0.39, 0.29) is 16.7 Å². The third-order valence-electron chi connectivity index (χ3n) is 5.15. The molecule has 2 N–H and O–H groups in total. The molecule has 1 saturated heterocycles. The van der Waals surface area contributed by atoms with Crippen LogP contribution in [-0.2, 0) is 4.43 Å². The molecule has 0 aliphatic carbocycles. The van der Waals surface area contributed by atoms with Gasteiger partial charge in [-0.15, -0.1) is 0 Å². The van der Waals surface area contributed by atoms with Gasteiger partial charge in [-0.3, -0.25) is 0 Å². The van der Waals surface area contributed by atoms with Crippen LogP contribution in [-0.4, -0.2) is 55.7 Å². The minimum atomic E-state index is -1.79. The molecule has 0 radical (unpaired) electrons. The highest BCUT2D eigenvalue weighted by atomic mass is 28.4. The van der Waals surface area contributed by atoms with Crippen molar-refractivity contribution in [2.75, 3.05) is 19.6 Å². The number of rotatable bonds is 4.